The van der Waals surface area contributed by atoms with E-state index in [0.29, 0.717) is 19.4 Å². The molecule has 1 heterocycles. The first-order chi connectivity index (χ1) is 8.63. The maximum atomic E-state index is 12.3. The van der Waals surface area contributed by atoms with Gasteiger partial charge in [0.25, 0.3) is 0 Å². The fraction of sp³-hybridized carbons (Fsp3) is 0.429. The van der Waals surface area contributed by atoms with Gasteiger partial charge in [0.15, 0.2) is 11.4 Å². The number of ketones is 1. The number of rotatable bonds is 1. The molecule has 18 heavy (non-hydrogen) atoms. The second kappa shape index (κ2) is 3.92. The first-order valence-corrected chi connectivity index (χ1v) is 6.12. The Morgan fingerprint density at radius 2 is 2.17 bits per heavy atom. The molecular formula is C14H14O4. The summed E-state index contributed by atoms with van der Waals surface area (Å²) in [6, 6.07) is 7.70. The molecule has 1 aromatic carbocycles. The number of carbonyl (C=O) groups excluding carboxylic acids is 1. The molecule has 0 radical (unpaired) electrons. The molecule has 4 nitrogen and oxygen atoms in total. The molecule has 2 unspecified atom stereocenters. The number of aliphatic carboxylic acids is 1. The molecule has 0 aromatic heterocycles. The molecule has 1 saturated carbocycles. The Balaban J connectivity index is 1.95. The zero-order valence-electron chi connectivity index (χ0n) is 9.89. The highest BCUT2D eigenvalue weighted by Gasteiger charge is 2.50. The Kier molecular flexibility index (Phi) is 2.48. The van der Waals surface area contributed by atoms with Gasteiger partial charge in [-0.3, -0.25) is 9.59 Å². The number of carboxylic acids is 1. The predicted molar refractivity (Wildman–Crippen MR) is 62.9 cm³/mol. The minimum Gasteiger partial charge on any atom is -0.481 e. The van der Waals surface area contributed by atoms with Gasteiger partial charge in [-0.25, -0.2) is 0 Å². The Hall–Kier alpha value is -1.68. The third kappa shape index (κ3) is 1.49. The summed E-state index contributed by atoms with van der Waals surface area (Å²) in [5, 5.41) is 8.99. The summed E-state index contributed by atoms with van der Waals surface area (Å²) >= 11 is 0. The second-order valence-electron chi connectivity index (χ2n) is 4.97. The summed E-state index contributed by atoms with van der Waals surface area (Å²) in [4.78, 5) is 23.3. The van der Waals surface area contributed by atoms with Crippen molar-refractivity contribution >= 4 is 11.8 Å². The molecule has 1 aromatic rings. The van der Waals surface area contributed by atoms with Crippen molar-refractivity contribution in [1.82, 2.24) is 0 Å². The number of hydrogen-bond donors (Lipinski definition) is 1. The van der Waals surface area contributed by atoms with Crippen LogP contribution in [0.3, 0.4) is 0 Å². The number of Topliss-reactive ketones (excluding diaryl/α,β-unsaturated/α-hetero) is 1. The second-order valence-corrected chi connectivity index (χ2v) is 4.97. The van der Waals surface area contributed by atoms with Crippen LogP contribution in [0.1, 0.15) is 30.4 Å². The highest BCUT2D eigenvalue weighted by atomic mass is 16.5. The van der Waals surface area contributed by atoms with Crippen molar-refractivity contribution in [2.24, 2.45) is 5.92 Å². The van der Waals surface area contributed by atoms with Crippen molar-refractivity contribution in [3.63, 3.8) is 0 Å². The van der Waals surface area contributed by atoms with Crippen LogP contribution in [0, 0.1) is 5.92 Å². The summed E-state index contributed by atoms with van der Waals surface area (Å²) in [6.07, 6.45) is 1.04. The monoisotopic (exact) mass is 246 g/mol. The SMILES string of the molecule is O=C(O)C1CCC2(OCc3ccccc32)C(=O)C1. The normalized spacial score (nSPS) is 30.4. The van der Waals surface area contributed by atoms with Crippen LogP contribution in [0.25, 0.3) is 0 Å². The molecule has 2 atom stereocenters. The van der Waals surface area contributed by atoms with Gasteiger partial charge in [0, 0.05) is 6.42 Å². The fourth-order valence-corrected chi connectivity index (χ4v) is 2.97. The van der Waals surface area contributed by atoms with Gasteiger partial charge in [0.1, 0.15) is 0 Å². The molecule has 2 aliphatic rings. The van der Waals surface area contributed by atoms with Crippen molar-refractivity contribution in [3.05, 3.63) is 35.4 Å². The van der Waals surface area contributed by atoms with E-state index in [1.807, 2.05) is 24.3 Å². The third-order valence-electron chi connectivity index (χ3n) is 4.00. The summed E-state index contributed by atoms with van der Waals surface area (Å²) in [7, 11) is 0. The van der Waals surface area contributed by atoms with E-state index in [2.05, 4.69) is 0 Å². The molecule has 0 bridgehead atoms. The van der Waals surface area contributed by atoms with Crippen molar-refractivity contribution in [3.8, 4) is 0 Å². The van der Waals surface area contributed by atoms with Gasteiger partial charge >= 0.3 is 5.97 Å². The summed E-state index contributed by atoms with van der Waals surface area (Å²) in [6.45, 7) is 0.444. The lowest BCUT2D eigenvalue weighted by Gasteiger charge is -2.34. The quantitative estimate of drug-likeness (QED) is 0.821. The van der Waals surface area contributed by atoms with Gasteiger partial charge in [-0.15, -0.1) is 0 Å². The zero-order valence-corrected chi connectivity index (χ0v) is 9.89. The number of carboxylic acid groups (broad SMARTS) is 1. The molecule has 0 saturated heterocycles. The van der Waals surface area contributed by atoms with Gasteiger partial charge in [0.2, 0.25) is 0 Å². The third-order valence-corrected chi connectivity index (χ3v) is 4.00. The predicted octanol–water partition coefficient (Wildman–Crippen LogP) is 1.87. The molecule has 1 N–H and O–H groups in total. The van der Waals surface area contributed by atoms with Gasteiger partial charge in [-0.1, -0.05) is 24.3 Å². The molecule has 0 amide bonds. The van der Waals surface area contributed by atoms with Crippen molar-refractivity contribution in [2.45, 2.75) is 31.5 Å². The van der Waals surface area contributed by atoms with E-state index in [0.717, 1.165) is 11.1 Å². The number of hydrogen-bond acceptors (Lipinski definition) is 3. The van der Waals surface area contributed by atoms with E-state index in [-0.39, 0.29) is 12.2 Å². The van der Waals surface area contributed by atoms with Crippen LogP contribution in [-0.2, 0) is 26.5 Å². The maximum Gasteiger partial charge on any atom is 0.306 e. The molecule has 94 valence electrons. The minimum atomic E-state index is -0.885. The first kappa shape index (κ1) is 11.4. The van der Waals surface area contributed by atoms with E-state index in [9.17, 15) is 9.59 Å². The molecule has 1 spiro atoms. The minimum absolute atomic E-state index is 0.0731. The topological polar surface area (TPSA) is 63.6 Å². The maximum absolute atomic E-state index is 12.3. The van der Waals surface area contributed by atoms with E-state index >= 15 is 0 Å². The van der Waals surface area contributed by atoms with Crippen LogP contribution >= 0.6 is 0 Å². The van der Waals surface area contributed by atoms with Gasteiger partial charge in [-0.05, 0) is 24.0 Å². The van der Waals surface area contributed by atoms with Crippen LogP contribution in [0.5, 0.6) is 0 Å². The first-order valence-electron chi connectivity index (χ1n) is 6.12. The lowest BCUT2D eigenvalue weighted by molar-refractivity contribution is -0.159. The van der Waals surface area contributed by atoms with Crippen LogP contribution < -0.4 is 0 Å². The van der Waals surface area contributed by atoms with Crippen LogP contribution in [-0.4, -0.2) is 16.9 Å². The average molecular weight is 246 g/mol. The van der Waals surface area contributed by atoms with E-state index in [4.69, 9.17) is 9.84 Å². The number of ether oxygens (including phenoxy) is 1. The zero-order chi connectivity index (χ0) is 12.8. The summed E-state index contributed by atoms with van der Waals surface area (Å²) in [5.74, 6) is -1.53. The van der Waals surface area contributed by atoms with E-state index < -0.39 is 17.5 Å². The Bertz CT molecular complexity index is 522. The Morgan fingerprint density at radius 1 is 1.39 bits per heavy atom. The average Bonchev–Trinajstić information content (AvgIpc) is 2.73. The summed E-state index contributed by atoms with van der Waals surface area (Å²) < 4.78 is 5.75. The van der Waals surface area contributed by atoms with Crippen LogP contribution in [0.2, 0.25) is 0 Å². The molecular weight excluding hydrogens is 232 g/mol. The lowest BCUT2D eigenvalue weighted by Crippen LogP contribution is -2.42. The van der Waals surface area contributed by atoms with Crippen LogP contribution in [0.4, 0.5) is 0 Å². The largest absolute Gasteiger partial charge is 0.481 e. The number of carbonyl (C=O) groups is 2. The standard InChI is InChI=1S/C14H14O4/c15-12-7-9(13(16)17)5-6-14(12)11-4-2-1-3-10(11)8-18-14/h1-4,9H,5-8H2,(H,16,17). The lowest BCUT2D eigenvalue weighted by atomic mass is 9.74. The Labute approximate surface area is 105 Å². The molecule has 1 fully saturated rings. The smallest absolute Gasteiger partial charge is 0.306 e. The number of fused-ring (bicyclic) bond motifs is 2. The fourth-order valence-electron chi connectivity index (χ4n) is 2.97. The Morgan fingerprint density at radius 3 is 2.89 bits per heavy atom. The highest BCUT2D eigenvalue weighted by Crippen LogP contribution is 2.45. The van der Waals surface area contributed by atoms with Crippen LogP contribution in [0.15, 0.2) is 24.3 Å². The molecule has 4 heteroatoms. The van der Waals surface area contributed by atoms with E-state index in [1.54, 1.807) is 0 Å². The number of benzene rings is 1. The van der Waals surface area contributed by atoms with Crippen molar-refractivity contribution in [2.75, 3.05) is 0 Å². The van der Waals surface area contributed by atoms with Gasteiger partial charge < -0.3 is 9.84 Å². The van der Waals surface area contributed by atoms with Crippen molar-refractivity contribution in [1.29, 1.82) is 0 Å². The summed E-state index contributed by atoms with van der Waals surface area (Å²) in [5.41, 5.74) is 1.10. The molecule has 1 aliphatic carbocycles. The highest BCUT2D eigenvalue weighted by molar-refractivity contribution is 5.93. The van der Waals surface area contributed by atoms with Gasteiger partial charge in [-0.2, -0.15) is 0 Å². The van der Waals surface area contributed by atoms with E-state index in [1.165, 1.54) is 0 Å². The van der Waals surface area contributed by atoms with Crippen molar-refractivity contribution < 1.29 is 19.4 Å². The molecule has 3 rings (SSSR count). The van der Waals surface area contributed by atoms with Gasteiger partial charge in [0.05, 0.1) is 12.5 Å². The molecule has 1 aliphatic heterocycles.